The lowest BCUT2D eigenvalue weighted by Gasteiger charge is -2.10. The number of pyridine rings is 1. The van der Waals surface area contributed by atoms with Gasteiger partial charge in [-0.3, -0.25) is 0 Å². The highest BCUT2D eigenvalue weighted by molar-refractivity contribution is 5.70. The van der Waals surface area contributed by atoms with E-state index in [4.69, 9.17) is 5.73 Å². The molecule has 1 unspecified atom stereocenters. The smallest absolute Gasteiger partial charge is 0.177 e. The van der Waals surface area contributed by atoms with Crippen LogP contribution in [0.4, 0.5) is 0 Å². The Morgan fingerprint density at radius 3 is 2.70 bits per heavy atom. The van der Waals surface area contributed by atoms with E-state index in [-0.39, 0.29) is 6.04 Å². The third-order valence-corrected chi connectivity index (χ3v) is 3.45. The molecule has 4 nitrogen and oxygen atoms in total. The molecule has 1 atom stereocenters. The fraction of sp³-hybridized carbons (Fsp3) is 0.250. The van der Waals surface area contributed by atoms with Crippen molar-refractivity contribution in [1.82, 2.24) is 15.0 Å². The highest BCUT2D eigenvalue weighted by atomic mass is 15.0. The van der Waals surface area contributed by atoms with Crippen molar-refractivity contribution in [3.05, 3.63) is 59.5 Å². The van der Waals surface area contributed by atoms with Gasteiger partial charge in [-0.15, -0.1) is 0 Å². The maximum absolute atomic E-state index is 6.20. The molecule has 2 aromatic heterocycles. The summed E-state index contributed by atoms with van der Waals surface area (Å²) in [4.78, 5) is 12.2. The van der Waals surface area contributed by atoms with E-state index in [2.05, 4.69) is 27.1 Å². The van der Waals surface area contributed by atoms with Gasteiger partial charge in [0.25, 0.3) is 0 Å². The first-order valence-electron chi connectivity index (χ1n) is 6.85. The molecular formula is C16H18N4. The molecule has 4 heteroatoms. The molecular weight excluding hydrogens is 248 g/mol. The van der Waals surface area contributed by atoms with Gasteiger partial charge in [0.15, 0.2) is 5.65 Å². The van der Waals surface area contributed by atoms with Crippen LogP contribution in [0.15, 0.2) is 42.5 Å². The largest absolute Gasteiger partial charge is 0.341 e. The molecule has 0 bridgehead atoms. The molecule has 0 saturated carbocycles. The molecule has 3 aromatic rings. The molecule has 0 radical (unpaired) electrons. The molecule has 1 aromatic carbocycles. The number of nitrogens with one attached hydrogen (secondary N) is 1. The summed E-state index contributed by atoms with van der Waals surface area (Å²) in [7, 11) is 0. The van der Waals surface area contributed by atoms with Crippen molar-refractivity contribution in [2.45, 2.75) is 25.8 Å². The maximum atomic E-state index is 6.20. The van der Waals surface area contributed by atoms with E-state index in [1.165, 1.54) is 0 Å². The number of aryl methyl sites for hydroxylation is 2. The summed E-state index contributed by atoms with van der Waals surface area (Å²) < 4.78 is 0. The van der Waals surface area contributed by atoms with Crippen LogP contribution in [0, 0.1) is 6.92 Å². The third-order valence-electron chi connectivity index (χ3n) is 3.45. The van der Waals surface area contributed by atoms with Crippen LogP contribution < -0.4 is 5.73 Å². The lowest BCUT2D eigenvalue weighted by molar-refractivity contribution is 0.638. The number of nitrogens with two attached hydrogens (primary N) is 1. The Balaban J connectivity index is 1.71. The average Bonchev–Trinajstić information content (AvgIpc) is 2.87. The minimum absolute atomic E-state index is 0.0408. The van der Waals surface area contributed by atoms with E-state index < -0.39 is 0 Å². The number of benzene rings is 1. The molecule has 3 N–H and O–H groups in total. The predicted octanol–water partition coefficient (Wildman–Crippen LogP) is 2.90. The lowest BCUT2D eigenvalue weighted by Crippen LogP contribution is -2.11. The number of aromatic amines is 1. The number of imidazole rings is 1. The quantitative estimate of drug-likeness (QED) is 0.763. The van der Waals surface area contributed by atoms with Crippen molar-refractivity contribution in [3.8, 4) is 0 Å². The van der Waals surface area contributed by atoms with Crippen molar-refractivity contribution in [1.29, 1.82) is 0 Å². The van der Waals surface area contributed by atoms with E-state index in [9.17, 15) is 0 Å². The van der Waals surface area contributed by atoms with Gasteiger partial charge in [0.05, 0.1) is 5.52 Å². The average molecular weight is 266 g/mol. The first-order chi connectivity index (χ1) is 9.72. The van der Waals surface area contributed by atoms with Crippen molar-refractivity contribution >= 4 is 11.2 Å². The Bertz CT molecular complexity index is 703. The van der Waals surface area contributed by atoms with Crippen LogP contribution in [0.5, 0.6) is 0 Å². The predicted molar refractivity (Wildman–Crippen MR) is 80.3 cm³/mol. The van der Waals surface area contributed by atoms with Crippen molar-refractivity contribution in [2.75, 3.05) is 0 Å². The van der Waals surface area contributed by atoms with Crippen molar-refractivity contribution in [2.24, 2.45) is 5.73 Å². The molecule has 0 amide bonds. The summed E-state index contributed by atoms with van der Waals surface area (Å²) in [6.07, 6.45) is 1.69. The van der Waals surface area contributed by atoms with Gasteiger partial charge in [0.2, 0.25) is 0 Å². The van der Waals surface area contributed by atoms with Crippen molar-refractivity contribution in [3.63, 3.8) is 0 Å². The van der Waals surface area contributed by atoms with Crippen LogP contribution in [-0.2, 0) is 6.42 Å². The zero-order valence-electron chi connectivity index (χ0n) is 11.5. The van der Waals surface area contributed by atoms with Gasteiger partial charge in [0, 0.05) is 18.2 Å². The van der Waals surface area contributed by atoms with Gasteiger partial charge in [-0.1, -0.05) is 30.3 Å². The lowest BCUT2D eigenvalue weighted by atomic mass is 10.0. The van der Waals surface area contributed by atoms with Crippen molar-refractivity contribution < 1.29 is 0 Å². The fourth-order valence-corrected chi connectivity index (χ4v) is 2.31. The second-order valence-corrected chi connectivity index (χ2v) is 5.06. The number of nitrogens with zero attached hydrogens (tertiary/aromatic N) is 2. The Morgan fingerprint density at radius 2 is 1.90 bits per heavy atom. The van der Waals surface area contributed by atoms with Crippen LogP contribution in [0.1, 0.15) is 29.5 Å². The zero-order chi connectivity index (χ0) is 13.9. The highest BCUT2D eigenvalue weighted by Crippen LogP contribution is 2.17. The second kappa shape index (κ2) is 5.43. The SMILES string of the molecule is Cc1ccc2[nH]c(CCC(N)c3ccccc3)nc2n1. The minimum atomic E-state index is 0.0408. The third kappa shape index (κ3) is 2.70. The number of rotatable bonds is 4. The monoisotopic (exact) mass is 266 g/mol. The molecule has 0 aliphatic heterocycles. The summed E-state index contributed by atoms with van der Waals surface area (Å²) in [5.74, 6) is 0.949. The first kappa shape index (κ1) is 12.8. The fourth-order valence-electron chi connectivity index (χ4n) is 2.31. The molecule has 0 saturated heterocycles. The maximum Gasteiger partial charge on any atom is 0.177 e. The first-order valence-corrected chi connectivity index (χ1v) is 6.85. The Hall–Kier alpha value is -2.20. The number of fused-ring (bicyclic) bond motifs is 1. The van der Waals surface area contributed by atoms with Gasteiger partial charge in [-0.2, -0.15) is 0 Å². The second-order valence-electron chi connectivity index (χ2n) is 5.06. The number of H-pyrrole nitrogens is 1. The number of aromatic nitrogens is 3. The van der Waals surface area contributed by atoms with E-state index in [1.807, 2.05) is 37.3 Å². The molecule has 2 heterocycles. The summed E-state index contributed by atoms with van der Waals surface area (Å²) in [5, 5.41) is 0. The molecule has 0 spiro atoms. The molecule has 3 rings (SSSR count). The van der Waals surface area contributed by atoms with Gasteiger partial charge in [0.1, 0.15) is 5.82 Å². The summed E-state index contributed by atoms with van der Waals surface area (Å²) in [6.45, 7) is 1.97. The van der Waals surface area contributed by atoms with Gasteiger partial charge < -0.3 is 10.7 Å². The van der Waals surface area contributed by atoms with Crippen LogP contribution in [-0.4, -0.2) is 15.0 Å². The minimum Gasteiger partial charge on any atom is -0.341 e. The van der Waals surface area contributed by atoms with Crippen LogP contribution in [0.2, 0.25) is 0 Å². The van der Waals surface area contributed by atoms with E-state index in [0.717, 1.165) is 41.1 Å². The molecule has 20 heavy (non-hydrogen) atoms. The van der Waals surface area contributed by atoms with E-state index >= 15 is 0 Å². The van der Waals surface area contributed by atoms with Crippen LogP contribution in [0.3, 0.4) is 0 Å². The normalized spacial score (nSPS) is 12.7. The van der Waals surface area contributed by atoms with Crippen LogP contribution >= 0.6 is 0 Å². The summed E-state index contributed by atoms with van der Waals surface area (Å²) in [5.41, 5.74) is 10.1. The standard InChI is InChI=1S/C16H18N4/c1-11-7-9-14-16(18-11)20-15(19-14)10-8-13(17)12-5-3-2-4-6-12/h2-7,9,13H,8,10,17H2,1H3,(H,18,19,20). The summed E-state index contributed by atoms with van der Waals surface area (Å²) >= 11 is 0. The zero-order valence-corrected chi connectivity index (χ0v) is 11.5. The Kier molecular flexibility index (Phi) is 3.48. The number of hydrogen-bond donors (Lipinski definition) is 2. The van der Waals surface area contributed by atoms with E-state index in [1.54, 1.807) is 0 Å². The number of hydrogen-bond acceptors (Lipinski definition) is 3. The topological polar surface area (TPSA) is 67.6 Å². The molecule has 102 valence electrons. The highest BCUT2D eigenvalue weighted by Gasteiger charge is 2.08. The Morgan fingerprint density at radius 1 is 1.10 bits per heavy atom. The van der Waals surface area contributed by atoms with Gasteiger partial charge >= 0.3 is 0 Å². The molecule has 0 fully saturated rings. The van der Waals surface area contributed by atoms with Crippen LogP contribution in [0.25, 0.3) is 11.2 Å². The Labute approximate surface area is 118 Å². The van der Waals surface area contributed by atoms with Gasteiger partial charge in [-0.05, 0) is 31.0 Å². The van der Waals surface area contributed by atoms with Gasteiger partial charge in [-0.25, -0.2) is 9.97 Å². The van der Waals surface area contributed by atoms with E-state index in [0.29, 0.717) is 0 Å². The molecule has 0 aliphatic rings. The molecule has 0 aliphatic carbocycles. The summed E-state index contributed by atoms with van der Waals surface area (Å²) in [6, 6.07) is 14.2.